The summed E-state index contributed by atoms with van der Waals surface area (Å²) in [4.78, 5) is 0. The average Bonchev–Trinajstić information content (AvgIpc) is 2.65. The van der Waals surface area contributed by atoms with Crippen molar-refractivity contribution < 1.29 is 22.3 Å². The van der Waals surface area contributed by atoms with E-state index in [2.05, 4.69) is 30.9 Å². The number of hydrogen-bond acceptors (Lipinski definition) is 1. The van der Waals surface area contributed by atoms with Crippen molar-refractivity contribution in [2.75, 3.05) is 6.61 Å². The third kappa shape index (κ3) is 8.04. The third-order valence-electron chi connectivity index (χ3n) is 4.17. The maximum Gasteiger partial charge on any atom is 0.389 e. The summed E-state index contributed by atoms with van der Waals surface area (Å²) in [6.45, 7) is 1.99. The van der Waals surface area contributed by atoms with Gasteiger partial charge in [0.15, 0.2) is 11.6 Å². The number of benzene rings is 2. The van der Waals surface area contributed by atoms with Crippen molar-refractivity contribution in [1.82, 2.24) is 0 Å². The van der Waals surface area contributed by atoms with Crippen LogP contribution < -0.4 is 4.74 Å². The lowest BCUT2D eigenvalue weighted by Gasteiger charge is -2.09. The van der Waals surface area contributed by atoms with Crippen molar-refractivity contribution in [2.24, 2.45) is 0 Å². The molecule has 0 radical (unpaired) electrons. The van der Waals surface area contributed by atoms with Gasteiger partial charge in [-0.1, -0.05) is 43.7 Å². The van der Waals surface area contributed by atoms with Gasteiger partial charge < -0.3 is 4.74 Å². The minimum atomic E-state index is -4.23. The van der Waals surface area contributed by atoms with E-state index < -0.39 is 18.4 Å². The lowest BCUT2D eigenvalue weighted by Crippen LogP contribution is -2.10. The van der Waals surface area contributed by atoms with E-state index in [1.165, 1.54) is 37.0 Å². The zero-order valence-corrected chi connectivity index (χ0v) is 15.9. The van der Waals surface area contributed by atoms with E-state index in [0.29, 0.717) is 5.56 Å². The molecule has 0 saturated carbocycles. The third-order valence-corrected chi connectivity index (χ3v) is 4.17. The zero-order chi connectivity index (χ0) is 20.4. The number of alkyl halides is 3. The van der Waals surface area contributed by atoms with Gasteiger partial charge in [-0.2, -0.15) is 13.2 Å². The van der Waals surface area contributed by atoms with E-state index in [-0.39, 0.29) is 18.8 Å². The first-order valence-corrected chi connectivity index (χ1v) is 9.47. The lowest BCUT2D eigenvalue weighted by atomic mass is 10.1. The second kappa shape index (κ2) is 10.8. The zero-order valence-electron chi connectivity index (χ0n) is 15.9. The van der Waals surface area contributed by atoms with Crippen LogP contribution in [0.15, 0.2) is 42.5 Å². The fourth-order valence-electron chi connectivity index (χ4n) is 2.63. The van der Waals surface area contributed by atoms with Gasteiger partial charge in [-0.05, 0) is 55.2 Å². The molecule has 0 aromatic heterocycles. The summed E-state index contributed by atoms with van der Waals surface area (Å²) in [6.07, 6.45) is -0.751. The molecule has 5 heteroatoms. The molecular formula is C23H24F4O. The Balaban J connectivity index is 1.90. The molecule has 2 aromatic rings. The van der Waals surface area contributed by atoms with Crippen LogP contribution in [0.2, 0.25) is 0 Å². The minimum Gasteiger partial charge on any atom is -0.491 e. The second-order valence-electron chi connectivity index (χ2n) is 6.62. The minimum absolute atomic E-state index is 0.0656. The number of unbranched alkanes of at least 4 members (excludes halogenated alkanes) is 2. The van der Waals surface area contributed by atoms with Gasteiger partial charge in [0, 0.05) is 17.5 Å². The molecule has 0 aliphatic heterocycles. The Kier molecular flexibility index (Phi) is 8.38. The average molecular weight is 392 g/mol. The molecule has 28 heavy (non-hydrogen) atoms. The van der Waals surface area contributed by atoms with Crippen LogP contribution in [0.1, 0.15) is 55.7 Å². The van der Waals surface area contributed by atoms with Crippen molar-refractivity contribution in [2.45, 2.75) is 51.6 Å². The Bertz CT molecular complexity index is 798. The Morgan fingerprint density at radius 1 is 0.893 bits per heavy atom. The van der Waals surface area contributed by atoms with E-state index in [4.69, 9.17) is 4.74 Å². The van der Waals surface area contributed by atoms with Crippen LogP contribution in [0.3, 0.4) is 0 Å². The summed E-state index contributed by atoms with van der Waals surface area (Å²) >= 11 is 0. The van der Waals surface area contributed by atoms with Gasteiger partial charge >= 0.3 is 6.18 Å². The van der Waals surface area contributed by atoms with Crippen molar-refractivity contribution in [3.63, 3.8) is 0 Å². The van der Waals surface area contributed by atoms with Crippen LogP contribution in [0, 0.1) is 17.7 Å². The molecule has 0 bridgehead atoms. The van der Waals surface area contributed by atoms with Gasteiger partial charge in [-0.3, -0.25) is 0 Å². The molecule has 0 aliphatic rings. The molecule has 2 rings (SSSR count). The number of rotatable bonds is 8. The molecular weight excluding hydrogens is 368 g/mol. The quantitative estimate of drug-likeness (QED) is 0.277. The van der Waals surface area contributed by atoms with Gasteiger partial charge in [-0.15, -0.1) is 0 Å². The standard InChI is InChI=1S/C23H24F4O/c1-2-3-4-6-18-7-9-19(10-8-18)11-12-20-13-14-22(21(24)17-20)28-16-5-15-23(25,26)27/h7-10,13-14,17H,2-6,15-16H2,1H3. The van der Waals surface area contributed by atoms with E-state index >= 15 is 0 Å². The number of aryl methyl sites for hydroxylation is 1. The van der Waals surface area contributed by atoms with Crippen molar-refractivity contribution in [3.05, 3.63) is 65.0 Å². The van der Waals surface area contributed by atoms with Crippen LogP contribution in [-0.4, -0.2) is 12.8 Å². The maximum atomic E-state index is 14.0. The van der Waals surface area contributed by atoms with Crippen LogP contribution >= 0.6 is 0 Å². The molecule has 0 amide bonds. The highest BCUT2D eigenvalue weighted by atomic mass is 19.4. The molecule has 0 atom stereocenters. The summed E-state index contributed by atoms with van der Waals surface area (Å²) in [5.41, 5.74) is 2.59. The van der Waals surface area contributed by atoms with Crippen LogP contribution in [0.5, 0.6) is 5.75 Å². The Labute approximate surface area is 163 Å². The lowest BCUT2D eigenvalue weighted by molar-refractivity contribution is -0.136. The molecule has 0 spiro atoms. The van der Waals surface area contributed by atoms with Gasteiger partial charge in [-0.25, -0.2) is 4.39 Å². The molecule has 150 valence electrons. The molecule has 0 unspecified atom stereocenters. The molecule has 0 saturated heterocycles. The molecule has 0 heterocycles. The van der Waals surface area contributed by atoms with Gasteiger partial charge in [0.05, 0.1) is 6.61 Å². The largest absolute Gasteiger partial charge is 0.491 e. The summed E-state index contributed by atoms with van der Waals surface area (Å²) in [6, 6.07) is 12.2. The van der Waals surface area contributed by atoms with E-state index in [1.54, 1.807) is 6.07 Å². The van der Waals surface area contributed by atoms with Crippen molar-refractivity contribution in [1.29, 1.82) is 0 Å². The fourth-order valence-corrected chi connectivity index (χ4v) is 2.63. The predicted molar refractivity (Wildman–Crippen MR) is 103 cm³/mol. The van der Waals surface area contributed by atoms with E-state index in [9.17, 15) is 17.6 Å². The van der Waals surface area contributed by atoms with Gasteiger partial charge in [0.2, 0.25) is 0 Å². The SMILES string of the molecule is CCCCCc1ccc(C#Cc2ccc(OCCCC(F)(F)F)c(F)c2)cc1. The molecule has 1 nitrogen and oxygen atoms in total. The highest BCUT2D eigenvalue weighted by molar-refractivity contribution is 5.45. The first kappa shape index (κ1) is 21.8. The van der Waals surface area contributed by atoms with Crippen molar-refractivity contribution >= 4 is 0 Å². The fraction of sp³-hybridized carbons (Fsp3) is 0.391. The summed E-state index contributed by atoms with van der Waals surface area (Å²) in [7, 11) is 0. The van der Waals surface area contributed by atoms with Crippen LogP contribution in [0.4, 0.5) is 17.6 Å². The van der Waals surface area contributed by atoms with Gasteiger partial charge in [0.25, 0.3) is 0 Å². The Hall–Kier alpha value is -2.48. The normalized spacial score (nSPS) is 11.0. The highest BCUT2D eigenvalue weighted by Crippen LogP contribution is 2.23. The Morgan fingerprint density at radius 2 is 1.57 bits per heavy atom. The summed E-state index contributed by atoms with van der Waals surface area (Å²) in [5.74, 6) is 5.18. The van der Waals surface area contributed by atoms with Crippen molar-refractivity contribution in [3.8, 4) is 17.6 Å². The van der Waals surface area contributed by atoms with Gasteiger partial charge in [0.1, 0.15) is 0 Å². The Morgan fingerprint density at radius 3 is 2.21 bits per heavy atom. The molecule has 0 fully saturated rings. The maximum absolute atomic E-state index is 14.0. The highest BCUT2D eigenvalue weighted by Gasteiger charge is 2.26. The summed E-state index contributed by atoms with van der Waals surface area (Å²) < 4.78 is 55.4. The molecule has 0 aliphatic carbocycles. The van der Waals surface area contributed by atoms with E-state index in [0.717, 1.165) is 12.0 Å². The molecule has 2 aromatic carbocycles. The second-order valence-corrected chi connectivity index (χ2v) is 6.62. The number of halogens is 4. The molecule has 0 N–H and O–H groups in total. The smallest absolute Gasteiger partial charge is 0.389 e. The van der Waals surface area contributed by atoms with Crippen LogP contribution in [0.25, 0.3) is 0 Å². The van der Waals surface area contributed by atoms with E-state index in [1.807, 2.05) is 12.1 Å². The number of hydrogen-bond donors (Lipinski definition) is 0. The first-order valence-electron chi connectivity index (χ1n) is 9.47. The van der Waals surface area contributed by atoms with Crippen LogP contribution in [-0.2, 0) is 6.42 Å². The monoisotopic (exact) mass is 392 g/mol. The number of ether oxygens (including phenoxy) is 1. The predicted octanol–water partition coefficient (Wildman–Crippen LogP) is 6.68. The topological polar surface area (TPSA) is 9.23 Å². The first-order chi connectivity index (χ1) is 13.4. The summed E-state index contributed by atoms with van der Waals surface area (Å²) in [5, 5.41) is 0.